The quantitative estimate of drug-likeness (QED) is 0.310. The van der Waals surface area contributed by atoms with Gasteiger partial charge < -0.3 is 29.8 Å². The van der Waals surface area contributed by atoms with Crippen LogP contribution in [0.3, 0.4) is 0 Å². The largest absolute Gasteiger partial charge is 0.394 e. The summed E-state index contributed by atoms with van der Waals surface area (Å²) in [6.45, 7) is -5.34. The Balaban J connectivity index is 2.52. The molecule has 118 valence electrons. The van der Waals surface area contributed by atoms with Gasteiger partial charge in [-0.3, -0.25) is 14.3 Å². The molecule has 1 aliphatic rings. The maximum Gasteiger partial charge on any atom is 0.330 e. The number of hydrogen-bond donors (Lipinski definition) is 6. The Kier molecular flexibility index (Phi) is 4.21. The summed E-state index contributed by atoms with van der Waals surface area (Å²) < 4.78 is 5.84. The van der Waals surface area contributed by atoms with E-state index < -0.39 is 48.1 Å². The molecule has 4 atom stereocenters. The molecule has 1 fully saturated rings. The predicted molar refractivity (Wildman–Crippen MR) is 72.0 cm³/mol. The first-order valence-corrected chi connectivity index (χ1v) is 8.37. The third-order valence-corrected chi connectivity index (χ3v) is 5.60. The van der Waals surface area contributed by atoms with Gasteiger partial charge in [-0.05, 0) is 11.8 Å². The highest BCUT2D eigenvalue weighted by Crippen LogP contribution is 2.58. The molecule has 0 aliphatic carbocycles. The van der Waals surface area contributed by atoms with Crippen LogP contribution < -0.4 is 11.2 Å². The van der Waals surface area contributed by atoms with Crippen molar-refractivity contribution >= 4 is 18.3 Å². The van der Waals surface area contributed by atoms with Crippen molar-refractivity contribution in [2.45, 2.75) is 23.8 Å². The third-order valence-electron chi connectivity index (χ3n) is 3.24. The minimum Gasteiger partial charge on any atom is -0.394 e. The fourth-order valence-corrected chi connectivity index (χ4v) is 3.79. The first-order chi connectivity index (χ1) is 9.62. The minimum atomic E-state index is -4.47. The Bertz CT molecular complexity index is 697. The Morgan fingerprint density at radius 3 is 2.52 bits per heavy atom. The molecule has 1 saturated heterocycles. The second kappa shape index (κ2) is 5.38. The van der Waals surface area contributed by atoms with Gasteiger partial charge in [-0.2, -0.15) is 0 Å². The van der Waals surface area contributed by atoms with Crippen LogP contribution in [0.4, 0.5) is 0 Å². The van der Waals surface area contributed by atoms with Crippen LogP contribution in [-0.4, -0.2) is 58.8 Å². The van der Waals surface area contributed by atoms with E-state index in [4.69, 9.17) is 9.84 Å². The maximum atomic E-state index is 11.7. The molecule has 0 spiro atoms. The Labute approximate surface area is 122 Å². The van der Waals surface area contributed by atoms with E-state index in [2.05, 4.69) is 11.8 Å². The summed E-state index contributed by atoms with van der Waals surface area (Å²) in [6, 6.07) is 0.969. The summed E-state index contributed by atoms with van der Waals surface area (Å²) in [4.78, 5) is 43.7. The van der Waals surface area contributed by atoms with E-state index in [1.54, 1.807) is 0 Å². The number of rotatable bonds is 3. The molecule has 1 aromatic heterocycles. The fraction of sp³-hybridized carbons (Fsp3) is 0.556. The molecule has 21 heavy (non-hydrogen) atoms. The van der Waals surface area contributed by atoms with Crippen LogP contribution in [0.2, 0.25) is 0 Å². The van der Waals surface area contributed by atoms with Gasteiger partial charge in [0.1, 0.15) is 12.2 Å². The maximum absolute atomic E-state index is 11.7. The SMILES string of the molecule is O=c1ccn([C@@H]2O[C@H](CO)[C@](O)(P(O)(O)=S)[C@H]2O)c(=O)[nH]1. The van der Waals surface area contributed by atoms with Crippen LogP contribution in [0.1, 0.15) is 6.23 Å². The number of nitrogens with zero attached hydrogens (tertiary/aromatic N) is 1. The van der Waals surface area contributed by atoms with E-state index in [1.807, 2.05) is 4.98 Å². The van der Waals surface area contributed by atoms with Crippen LogP contribution in [0.5, 0.6) is 0 Å². The number of ether oxygens (including phenoxy) is 1. The molecule has 0 radical (unpaired) electrons. The topological polar surface area (TPSA) is 165 Å². The Morgan fingerprint density at radius 1 is 1.48 bits per heavy atom. The normalized spacial score (nSPS) is 33.3. The van der Waals surface area contributed by atoms with Gasteiger partial charge in [0.2, 0.25) is 6.49 Å². The zero-order valence-corrected chi connectivity index (χ0v) is 12.1. The molecule has 6 N–H and O–H groups in total. The molecule has 10 nitrogen and oxygen atoms in total. The van der Waals surface area contributed by atoms with E-state index in [-0.39, 0.29) is 0 Å². The van der Waals surface area contributed by atoms with E-state index in [1.165, 1.54) is 0 Å². The van der Waals surface area contributed by atoms with Gasteiger partial charge in [-0.25, -0.2) is 4.79 Å². The average Bonchev–Trinajstić information content (AvgIpc) is 2.63. The second-order valence-electron chi connectivity index (χ2n) is 4.49. The number of aromatic nitrogens is 2. The monoisotopic (exact) mass is 340 g/mol. The lowest BCUT2D eigenvalue weighted by Gasteiger charge is -2.33. The number of aliphatic hydroxyl groups is 3. The lowest BCUT2D eigenvalue weighted by Crippen LogP contribution is -2.49. The van der Waals surface area contributed by atoms with Crippen molar-refractivity contribution in [3.05, 3.63) is 33.1 Å². The van der Waals surface area contributed by atoms with Crippen molar-refractivity contribution in [3.8, 4) is 0 Å². The number of H-pyrrole nitrogens is 1. The molecule has 0 bridgehead atoms. The second-order valence-corrected chi connectivity index (χ2v) is 7.82. The number of hydrogen-bond acceptors (Lipinski definition) is 7. The molecule has 0 saturated carbocycles. The molecule has 0 amide bonds. The summed E-state index contributed by atoms with van der Waals surface area (Å²) in [7, 11) is 0. The zero-order chi connectivity index (χ0) is 16.0. The summed E-state index contributed by atoms with van der Waals surface area (Å²) in [5.74, 6) is 0. The van der Waals surface area contributed by atoms with E-state index >= 15 is 0 Å². The zero-order valence-electron chi connectivity index (χ0n) is 10.4. The first kappa shape index (κ1) is 16.5. The van der Waals surface area contributed by atoms with Crippen molar-refractivity contribution in [2.24, 2.45) is 0 Å². The van der Waals surface area contributed by atoms with Gasteiger partial charge in [0.15, 0.2) is 11.6 Å². The Hall–Kier alpha value is -0.910. The molecular weight excluding hydrogens is 327 g/mol. The van der Waals surface area contributed by atoms with Crippen LogP contribution in [-0.2, 0) is 16.5 Å². The molecule has 12 heteroatoms. The van der Waals surface area contributed by atoms with E-state index in [0.29, 0.717) is 0 Å². The molecule has 0 unspecified atom stereocenters. The smallest absolute Gasteiger partial charge is 0.330 e. The lowest BCUT2D eigenvalue weighted by molar-refractivity contribution is -0.0596. The third kappa shape index (κ3) is 2.51. The average molecular weight is 340 g/mol. The molecule has 2 rings (SSSR count). The van der Waals surface area contributed by atoms with Crippen molar-refractivity contribution in [1.82, 2.24) is 9.55 Å². The minimum absolute atomic E-state index is 0.688. The summed E-state index contributed by atoms with van der Waals surface area (Å²) in [5.41, 5.74) is -1.64. The van der Waals surface area contributed by atoms with Crippen molar-refractivity contribution < 1.29 is 29.8 Å². The predicted octanol–water partition coefficient (Wildman–Crippen LogP) is -3.23. The van der Waals surface area contributed by atoms with Crippen molar-refractivity contribution in [2.75, 3.05) is 6.61 Å². The van der Waals surface area contributed by atoms with Crippen LogP contribution in [0.15, 0.2) is 21.9 Å². The highest BCUT2D eigenvalue weighted by Gasteiger charge is 2.63. The van der Waals surface area contributed by atoms with Gasteiger partial charge in [0.25, 0.3) is 5.56 Å². The van der Waals surface area contributed by atoms with Gasteiger partial charge in [0.05, 0.1) is 6.61 Å². The van der Waals surface area contributed by atoms with Crippen LogP contribution >= 0.6 is 6.49 Å². The molecule has 2 heterocycles. The van der Waals surface area contributed by atoms with Gasteiger partial charge in [-0.15, -0.1) is 0 Å². The highest BCUT2D eigenvalue weighted by molar-refractivity contribution is 8.09. The highest BCUT2D eigenvalue weighted by atomic mass is 32.5. The lowest BCUT2D eigenvalue weighted by atomic mass is 10.1. The van der Waals surface area contributed by atoms with Crippen LogP contribution in [0.25, 0.3) is 0 Å². The van der Waals surface area contributed by atoms with Crippen LogP contribution in [0, 0.1) is 0 Å². The van der Waals surface area contributed by atoms with E-state index in [0.717, 1.165) is 16.8 Å². The number of aromatic amines is 1. The van der Waals surface area contributed by atoms with Crippen molar-refractivity contribution in [1.29, 1.82) is 0 Å². The molecular formula is C9H13N2O8PS. The summed E-state index contributed by atoms with van der Waals surface area (Å²) in [5, 5.41) is 26.8. The summed E-state index contributed by atoms with van der Waals surface area (Å²) >= 11 is 4.41. The molecule has 0 aromatic carbocycles. The molecule has 1 aromatic rings. The molecule has 1 aliphatic heterocycles. The number of nitrogens with one attached hydrogen (secondary N) is 1. The van der Waals surface area contributed by atoms with Crippen molar-refractivity contribution in [3.63, 3.8) is 0 Å². The van der Waals surface area contributed by atoms with E-state index in [9.17, 15) is 29.6 Å². The van der Waals surface area contributed by atoms with Gasteiger partial charge >= 0.3 is 5.69 Å². The van der Waals surface area contributed by atoms with Gasteiger partial charge in [-0.1, -0.05) is 0 Å². The summed E-state index contributed by atoms with van der Waals surface area (Å²) in [6.07, 6.45) is -4.18. The Morgan fingerprint density at radius 2 is 2.10 bits per heavy atom. The fourth-order valence-electron chi connectivity index (χ4n) is 2.13. The standard InChI is InChI=1S/C9H13N2O8PS/c12-3-4-9(16,20(17,18)21)6(14)7(19-4)11-2-1-5(13)10-8(11)15/h1-2,4,6-7,12,14,16H,3H2,(H,10,13,15)(H2,17,18,21)/t4-,6+,7-,9+/m1/s1. The van der Waals surface area contributed by atoms with Gasteiger partial charge in [0, 0.05) is 12.3 Å². The number of aliphatic hydroxyl groups excluding tert-OH is 2. The first-order valence-electron chi connectivity index (χ1n) is 5.66.